The van der Waals surface area contributed by atoms with Gasteiger partial charge in [0, 0.05) is 6.97 Å². The average Bonchev–Trinajstić information content (AvgIpc) is 2.35. The van der Waals surface area contributed by atoms with E-state index in [9.17, 15) is 0 Å². The van der Waals surface area contributed by atoms with Gasteiger partial charge < -0.3 is 4.90 Å². The van der Waals surface area contributed by atoms with Crippen LogP contribution in [0.25, 0.3) is 0 Å². The fourth-order valence-electron chi connectivity index (χ4n) is 1.10. The van der Waals surface area contributed by atoms with Crippen molar-refractivity contribution in [2.75, 3.05) is 14.1 Å². The first-order valence-corrected chi connectivity index (χ1v) is 6.28. The molecule has 0 N–H and O–H groups in total. The molecule has 0 spiro atoms. The summed E-state index contributed by atoms with van der Waals surface area (Å²) in [5.74, 6) is 0. The van der Waals surface area contributed by atoms with Gasteiger partial charge in [-0.3, -0.25) is 0 Å². The molecule has 1 rings (SSSR count). The van der Waals surface area contributed by atoms with Crippen molar-refractivity contribution in [3.8, 4) is 0 Å². The Hall–Kier alpha value is -0.820. The largest absolute Gasteiger partial charge is 0.300 e. The molecular weight excluding hydrogens is 194 g/mol. The van der Waals surface area contributed by atoms with Crippen molar-refractivity contribution in [2.24, 2.45) is 0 Å². The van der Waals surface area contributed by atoms with Crippen LogP contribution in [-0.4, -0.2) is 19.0 Å². The number of hydrogen-bond acceptors (Lipinski definition) is 1. The molecule has 1 aromatic carbocycles. The SMILES string of the molecule is CC.CC.CN(C)C(C)(C)c1ccccc1.[2HH]. The molecule has 96 valence electrons. The van der Waals surface area contributed by atoms with E-state index >= 15 is 0 Å². The first-order chi connectivity index (χ1) is 7.55. The summed E-state index contributed by atoms with van der Waals surface area (Å²) in [5.41, 5.74) is 1.48. The minimum atomic E-state index is 0. The van der Waals surface area contributed by atoms with Crippen LogP contribution < -0.4 is 0 Å². The van der Waals surface area contributed by atoms with Crippen molar-refractivity contribution in [3.63, 3.8) is 0 Å². The molecule has 0 aliphatic rings. The highest BCUT2D eigenvalue weighted by atomic mass is 15.1. The second-order valence-electron chi connectivity index (χ2n) is 3.82. The summed E-state index contributed by atoms with van der Waals surface area (Å²) in [6.45, 7) is 12.4. The van der Waals surface area contributed by atoms with Crippen molar-refractivity contribution in [1.29, 1.82) is 0 Å². The lowest BCUT2D eigenvalue weighted by Crippen LogP contribution is -2.35. The monoisotopic (exact) mass is 226 g/mol. The summed E-state index contributed by atoms with van der Waals surface area (Å²) in [6, 6.07) is 10.6. The van der Waals surface area contributed by atoms with Crippen LogP contribution in [0.1, 0.15) is 48.5 Å². The molecule has 1 aromatic rings. The molecule has 0 aliphatic carbocycles. The van der Waals surface area contributed by atoms with Crippen LogP contribution in [0.2, 0.25) is 0 Å². The molecule has 1 nitrogen and oxygen atoms in total. The Morgan fingerprint density at radius 2 is 1.25 bits per heavy atom. The molecule has 0 heterocycles. The van der Waals surface area contributed by atoms with Crippen LogP contribution in [0.5, 0.6) is 0 Å². The van der Waals surface area contributed by atoms with Gasteiger partial charge >= 0.3 is 0 Å². The predicted molar refractivity (Wildman–Crippen MR) is 78.0 cm³/mol. The fraction of sp³-hybridized carbons (Fsp3) is 0.600. The molecule has 0 saturated carbocycles. The summed E-state index contributed by atoms with van der Waals surface area (Å²) < 4.78 is 0. The lowest BCUT2D eigenvalue weighted by atomic mass is 9.93. The van der Waals surface area contributed by atoms with E-state index in [0.717, 1.165) is 0 Å². The molecule has 0 fully saturated rings. The van der Waals surface area contributed by atoms with Crippen molar-refractivity contribution in [1.82, 2.24) is 4.90 Å². The standard InChI is InChI=1S/C11H17N.2C2H6.H2/c1-11(2,12(3)4)10-8-6-5-7-9-10;2*1-2;/h5-9H,1-4H3;2*1-2H3;1H/i;;;1+1. The summed E-state index contributed by atoms with van der Waals surface area (Å²) in [7, 11) is 4.21. The minimum absolute atomic E-state index is 0. The van der Waals surface area contributed by atoms with Gasteiger partial charge in [-0.15, -0.1) is 0 Å². The third-order valence-corrected chi connectivity index (χ3v) is 2.60. The normalized spacial score (nSPS) is 9.81. The highest BCUT2D eigenvalue weighted by Gasteiger charge is 2.21. The van der Waals surface area contributed by atoms with Crippen molar-refractivity contribution >= 4 is 0 Å². The van der Waals surface area contributed by atoms with Crippen LogP contribution >= 0.6 is 0 Å². The van der Waals surface area contributed by atoms with Gasteiger partial charge in [0.1, 0.15) is 0 Å². The molecular formula is C15H31N. The Bertz CT molecular complexity index is 242. The molecule has 16 heavy (non-hydrogen) atoms. The van der Waals surface area contributed by atoms with Crippen LogP contribution in [-0.2, 0) is 5.54 Å². The van der Waals surface area contributed by atoms with Crippen molar-refractivity contribution in [3.05, 3.63) is 35.9 Å². The zero-order valence-corrected chi connectivity index (χ0v) is 12.3. The summed E-state index contributed by atoms with van der Waals surface area (Å²) in [4.78, 5) is 2.22. The van der Waals surface area contributed by atoms with Gasteiger partial charge in [-0.2, -0.15) is 0 Å². The van der Waals surface area contributed by atoms with Gasteiger partial charge in [-0.25, -0.2) is 0 Å². The van der Waals surface area contributed by atoms with Gasteiger partial charge in [0.05, 0.1) is 0 Å². The zero-order valence-electron chi connectivity index (χ0n) is 12.3. The number of rotatable bonds is 2. The van der Waals surface area contributed by atoms with Crippen LogP contribution in [0.3, 0.4) is 0 Å². The van der Waals surface area contributed by atoms with Gasteiger partial charge in [0.25, 0.3) is 0 Å². The molecule has 0 bridgehead atoms. The van der Waals surface area contributed by atoms with E-state index in [1.165, 1.54) is 5.56 Å². The maximum Gasteiger partial charge on any atom is 0.0398 e. The molecule has 0 aromatic heterocycles. The fourth-order valence-corrected chi connectivity index (χ4v) is 1.10. The molecule has 1 heteroatoms. The topological polar surface area (TPSA) is 3.24 Å². The van der Waals surface area contributed by atoms with Crippen molar-refractivity contribution in [2.45, 2.75) is 47.1 Å². The van der Waals surface area contributed by atoms with Crippen molar-refractivity contribution < 1.29 is 1.43 Å². The van der Waals surface area contributed by atoms with E-state index in [4.69, 9.17) is 0 Å². The molecule has 0 amide bonds. The van der Waals surface area contributed by atoms with E-state index in [2.05, 4.69) is 63.2 Å². The molecule has 0 saturated heterocycles. The van der Waals surface area contributed by atoms with Gasteiger partial charge in [-0.05, 0) is 33.5 Å². The lowest BCUT2D eigenvalue weighted by Gasteiger charge is -2.33. The Morgan fingerprint density at radius 3 is 1.56 bits per heavy atom. The Morgan fingerprint density at radius 1 is 0.875 bits per heavy atom. The minimum Gasteiger partial charge on any atom is -0.300 e. The van der Waals surface area contributed by atoms with E-state index in [0.29, 0.717) is 0 Å². The van der Waals surface area contributed by atoms with E-state index in [1.807, 2.05) is 27.7 Å². The smallest absolute Gasteiger partial charge is 0.0398 e. The zero-order chi connectivity index (χ0) is 13.2. The summed E-state index contributed by atoms with van der Waals surface area (Å²) >= 11 is 0. The highest BCUT2D eigenvalue weighted by Crippen LogP contribution is 2.24. The van der Waals surface area contributed by atoms with Crippen LogP contribution in [0, 0.1) is 0 Å². The van der Waals surface area contributed by atoms with Crippen LogP contribution in [0.4, 0.5) is 0 Å². The number of nitrogens with zero attached hydrogens (tertiary/aromatic N) is 1. The van der Waals surface area contributed by atoms with Gasteiger partial charge in [0.15, 0.2) is 0 Å². The molecule has 0 radical (unpaired) electrons. The third-order valence-electron chi connectivity index (χ3n) is 2.60. The Balaban J connectivity index is -0.000000355. The number of hydrogen-bond donors (Lipinski definition) is 0. The third kappa shape index (κ3) is 5.32. The predicted octanol–water partition coefficient (Wildman–Crippen LogP) is 4.78. The van der Waals surface area contributed by atoms with Gasteiger partial charge in [-0.1, -0.05) is 58.0 Å². The Labute approximate surface area is 104 Å². The first kappa shape index (κ1) is 17.6. The van der Waals surface area contributed by atoms with E-state index in [1.54, 1.807) is 0 Å². The lowest BCUT2D eigenvalue weighted by molar-refractivity contribution is 0.198. The summed E-state index contributed by atoms with van der Waals surface area (Å²) in [6.07, 6.45) is 0. The van der Waals surface area contributed by atoms with Crippen LogP contribution in [0.15, 0.2) is 30.3 Å². The van der Waals surface area contributed by atoms with E-state index in [-0.39, 0.29) is 6.97 Å². The van der Waals surface area contributed by atoms with Gasteiger partial charge in [0.2, 0.25) is 0 Å². The first-order valence-electron chi connectivity index (χ1n) is 6.28. The van der Waals surface area contributed by atoms with E-state index < -0.39 is 0 Å². The Kier molecular flexibility index (Phi) is 10.3. The quantitative estimate of drug-likeness (QED) is 0.701. The summed E-state index contributed by atoms with van der Waals surface area (Å²) in [5, 5.41) is 0. The second-order valence-corrected chi connectivity index (χ2v) is 3.82. The molecule has 0 aliphatic heterocycles. The maximum absolute atomic E-state index is 2.22. The highest BCUT2D eigenvalue weighted by molar-refractivity contribution is 5.22. The average molecular weight is 226 g/mol. The molecule has 0 unspecified atom stereocenters. The number of benzene rings is 1. The second kappa shape index (κ2) is 9.41. The maximum atomic E-state index is 2.22. The molecule has 0 atom stereocenters.